The number of aromatic nitrogens is 1. The van der Waals surface area contributed by atoms with Crippen molar-refractivity contribution in [3.63, 3.8) is 0 Å². The van der Waals surface area contributed by atoms with Crippen molar-refractivity contribution in [1.29, 1.82) is 0 Å². The largest absolute Gasteiger partial charge is 0.368 e. The number of nitrogens with zero attached hydrogens (tertiary/aromatic N) is 4. The number of carbonyl (C=O) groups excluding carboxylic acids is 1. The lowest BCUT2D eigenvalue weighted by Crippen LogP contribution is -2.45. The zero-order valence-corrected chi connectivity index (χ0v) is 20.9. The Kier molecular flexibility index (Phi) is 6.33. The van der Waals surface area contributed by atoms with Crippen LogP contribution in [0.15, 0.2) is 34.0 Å². The van der Waals surface area contributed by atoms with Crippen molar-refractivity contribution in [3.8, 4) is 0 Å². The summed E-state index contributed by atoms with van der Waals surface area (Å²) in [7, 11) is 2.12. The number of rotatable bonds is 4. The molecular formula is C25H30N4O2S2. The average Bonchev–Trinajstić information content (AvgIpc) is 3.43. The third-order valence-electron chi connectivity index (χ3n) is 7.11. The zero-order chi connectivity index (χ0) is 23.1. The maximum atomic E-state index is 13.8. The summed E-state index contributed by atoms with van der Waals surface area (Å²) in [5, 5.41) is 1.06. The number of benzene rings is 1. The number of pyridine rings is 1. The summed E-state index contributed by atoms with van der Waals surface area (Å²) in [5.74, 6) is -0.0446. The number of fused-ring (bicyclic) bond motifs is 1. The normalized spacial score (nSPS) is 21.8. The highest BCUT2D eigenvalue weighted by molar-refractivity contribution is 8.26. The van der Waals surface area contributed by atoms with Crippen molar-refractivity contribution < 1.29 is 4.79 Å². The first-order chi connectivity index (χ1) is 16.0. The Morgan fingerprint density at radius 2 is 1.79 bits per heavy atom. The molecule has 1 aromatic heterocycles. The number of thioether (sulfide) groups is 1. The number of hydrogen-bond acceptors (Lipinski definition) is 6. The van der Waals surface area contributed by atoms with E-state index >= 15 is 0 Å². The molecule has 5 rings (SSSR count). The molecule has 8 heteroatoms. The van der Waals surface area contributed by atoms with Crippen molar-refractivity contribution in [1.82, 2.24) is 14.4 Å². The number of thiocarbonyl (C=S) groups is 1. The van der Waals surface area contributed by atoms with E-state index in [-0.39, 0.29) is 17.5 Å². The molecule has 0 unspecified atom stereocenters. The molecule has 3 heterocycles. The predicted molar refractivity (Wildman–Crippen MR) is 141 cm³/mol. The van der Waals surface area contributed by atoms with E-state index in [1.807, 2.05) is 35.8 Å². The first-order valence-corrected chi connectivity index (χ1v) is 13.1. The highest BCUT2D eigenvalue weighted by atomic mass is 32.2. The monoisotopic (exact) mass is 482 g/mol. The number of piperazine rings is 1. The van der Waals surface area contributed by atoms with Crippen LogP contribution in [-0.4, -0.2) is 63.9 Å². The summed E-state index contributed by atoms with van der Waals surface area (Å²) < 4.78 is 2.44. The maximum Gasteiger partial charge on any atom is 0.266 e. The standard InChI is InChI=1S/C25H30N4O2S2/c1-3-28-20-11-7-6-10-18(20)22(27-14-12-26(2)13-15-27)19(23(28)30)16-21-24(31)29(25(32)33-21)17-8-4-5-9-17/h6-7,10-11,16-17H,3-5,8-9,12-15H2,1-2H3. The Balaban J connectivity index is 1.66. The molecule has 0 spiro atoms. The lowest BCUT2D eigenvalue weighted by atomic mass is 10.0. The van der Waals surface area contributed by atoms with Crippen LogP contribution in [0.1, 0.15) is 38.2 Å². The smallest absolute Gasteiger partial charge is 0.266 e. The quantitative estimate of drug-likeness (QED) is 0.486. The van der Waals surface area contributed by atoms with Gasteiger partial charge in [0, 0.05) is 44.2 Å². The number of aryl methyl sites for hydroxylation is 1. The second-order valence-electron chi connectivity index (χ2n) is 9.11. The van der Waals surface area contributed by atoms with Gasteiger partial charge < -0.3 is 14.4 Å². The molecule has 3 fully saturated rings. The molecule has 0 radical (unpaired) electrons. The fraction of sp³-hybridized carbons (Fsp3) is 0.480. The van der Waals surface area contributed by atoms with Gasteiger partial charge in [-0.15, -0.1) is 0 Å². The van der Waals surface area contributed by atoms with Crippen molar-refractivity contribution in [2.45, 2.75) is 45.2 Å². The van der Waals surface area contributed by atoms with Gasteiger partial charge in [0.15, 0.2) is 0 Å². The van der Waals surface area contributed by atoms with Crippen LogP contribution in [0.2, 0.25) is 0 Å². The molecule has 1 aromatic carbocycles. The van der Waals surface area contributed by atoms with Gasteiger partial charge >= 0.3 is 0 Å². The average molecular weight is 483 g/mol. The molecule has 33 heavy (non-hydrogen) atoms. The van der Waals surface area contributed by atoms with E-state index in [0.717, 1.165) is 68.5 Å². The first-order valence-electron chi connectivity index (χ1n) is 11.9. The van der Waals surface area contributed by atoms with Crippen LogP contribution in [0.3, 0.4) is 0 Å². The van der Waals surface area contributed by atoms with Crippen LogP contribution in [0.5, 0.6) is 0 Å². The van der Waals surface area contributed by atoms with E-state index in [2.05, 4.69) is 22.9 Å². The van der Waals surface area contributed by atoms with E-state index in [0.29, 0.717) is 21.3 Å². The van der Waals surface area contributed by atoms with Gasteiger partial charge in [-0.25, -0.2) is 0 Å². The molecule has 0 bridgehead atoms. The third-order valence-corrected chi connectivity index (χ3v) is 8.44. The first kappa shape index (κ1) is 22.6. The van der Waals surface area contributed by atoms with Crippen LogP contribution in [0.25, 0.3) is 17.0 Å². The van der Waals surface area contributed by atoms with Gasteiger partial charge in [0.2, 0.25) is 0 Å². The topological polar surface area (TPSA) is 48.8 Å². The molecule has 1 amide bonds. The molecule has 3 aliphatic rings. The minimum Gasteiger partial charge on any atom is -0.368 e. The Morgan fingerprint density at radius 1 is 1.09 bits per heavy atom. The van der Waals surface area contributed by atoms with Crippen LogP contribution < -0.4 is 10.5 Å². The number of para-hydroxylation sites is 1. The molecular weight excluding hydrogens is 452 g/mol. The van der Waals surface area contributed by atoms with Gasteiger partial charge in [0.05, 0.1) is 21.7 Å². The second-order valence-corrected chi connectivity index (χ2v) is 10.8. The molecule has 2 saturated heterocycles. The molecule has 174 valence electrons. The van der Waals surface area contributed by atoms with Crippen molar-refractivity contribution in [2.24, 2.45) is 0 Å². The number of hydrogen-bond donors (Lipinski definition) is 0. The minimum absolute atomic E-state index is 0.0446. The van der Waals surface area contributed by atoms with Crippen LogP contribution in [0.4, 0.5) is 5.69 Å². The van der Waals surface area contributed by atoms with Gasteiger partial charge in [0.25, 0.3) is 11.5 Å². The summed E-state index contributed by atoms with van der Waals surface area (Å²) in [6.07, 6.45) is 6.11. The highest BCUT2D eigenvalue weighted by Gasteiger charge is 2.38. The van der Waals surface area contributed by atoms with Crippen molar-refractivity contribution in [2.75, 3.05) is 38.1 Å². The number of likely N-dealkylation sites (N-methyl/N-ethyl adjacent to an activating group) is 1. The number of amides is 1. The second kappa shape index (κ2) is 9.24. The van der Waals surface area contributed by atoms with Gasteiger partial charge in [-0.3, -0.25) is 14.5 Å². The summed E-state index contributed by atoms with van der Waals surface area (Å²) >= 11 is 6.95. The van der Waals surface area contributed by atoms with Crippen LogP contribution in [0, 0.1) is 0 Å². The molecule has 0 N–H and O–H groups in total. The Labute approximate surface area is 204 Å². The van der Waals surface area contributed by atoms with Gasteiger partial charge in [-0.2, -0.15) is 0 Å². The van der Waals surface area contributed by atoms with Crippen LogP contribution in [-0.2, 0) is 11.3 Å². The summed E-state index contributed by atoms with van der Waals surface area (Å²) in [4.78, 5) is 34.1. The summed E-state index contributed by atoms with van der Waals surface area (Å²) in [6, 6.07) is 8.31. The molecule has 0 atom stereocenters. The number of carbonyl (C=O) groups is 1. The van der Waals surface area contributed by atoms with E-state index in [4.69, 9.17) is 12.2 Å². The Hall–Kier alpha value is -2.16. The van der Waals surface area contributed by atoms with E-state index in [1.54, 1.807) is 4.90 Å². The minimum atomic E-state index is -0.0451. The highest BCUT2D eigenvalue weighted by Crippen LogP contribution is 2.39. The molecule has 1 aliphatic carbocycles. The van der Waals surface area contributed by atoms with Crippen molar-refractivity contribution >= 4 is 56.9 Å². The van der Waals surface area contributed by atoms with Crippen molar-refractivity contribution in [3.05, 3.63) is 45.1 Å². The van der Waals surface area contributed by atoms with Gasteiger partial charge in [0.1, 0.15) is 4.32 Å². The lowest BCUT2D eigenvalue weighted by molar-refractivity contribution is -0.123. The fourth-order valence-corrected chi connectivity index (χ4v) is 6.70. The maximum absolute atomic E-state index is 13.8. The van der Waals surface area contributed by atoms with E-state index in [9.17, 15) is 9.59 Å². The fourth-order valence-electron chi connectivity index (χ4n) is 5.31. The van der Waals surface area contributed by atoms with Crippen LogP contribution >= 0.6 is 24.0 Å². The molecule has 1 saturated carbocycles. The Bertz CT molecular complexity index is 1190. The van der Waals surface area contributed by atoms with Gasteiger partial charge in [-0.05, 0) is 39.0 Å². The molecule has 2 aromatic rings. The Morgan fingerprint density at radius 3 is 2.48 bits per heavy atom. The zero-order valence-electron chi connectivity index (χ0n) is 19.2. The summed E-state index contributed by atoms with van der Waals surface area (Å²) in [5.41, 5.74) is 2.44. The third kappa shape index (κ3) is 4.02. The summed E-state index contributed by atoms with van der Waals surface area (Å²) in [6.45, 7) is 6.14. The lowest BCUT2D eigenvalue weighted by Gasteiger charge is -2.35. The SMILES string of the molecule is CCn1c(=O)c(C=C2SC(=S)N(C3CCCC3)C2=O)c(N2CCN(C)CC2)c2ccccc21. The predicted octanol–water partition coefficient (Wildman–Crippen LogP) is 3.92. The molecule has 6 nitrogen and oxygen atoms in total. The van der Waals surface area contributed by atoms with E-state index < -0.39 is 0 Å². The van der Waals surface area contributed by atoms with E-state index in [1.165, 1.54) is 11.8 Å². The number of anilines is 1. The van der Waals surface area contributed by atoms with Gasteiger partial charge in [-0.1, -0.05) is 55.0 Å². The molecule has 2 aliphatic heterocycles.